The number of benzene rings is 2. The number of ketones is 2. The van der Waals surface area contributed by atoms with Crippen LogP contribution in [0.25, 0.3) is 5.57 Å². The summed E-state index contributed by atoms with van der Waals surface area (Å²) in [6, 6.07) is 21.4. The van der Waals surface area contributed by atoms with Crippen LogP contribution in [0.4, 0.5) is 4.79 Å². The van der Waals surface area contributed by atoms with Gasteiger partial charge in [0.2, 0.25) is 11.8 Å². The summed E-state index contributed by atoms with van der Waals surface area (Å²) in [4.78, 5) is 69.7. The van der Waals surface area contributed by atoms with E-state index in [9.17, 15) is 29.1 Å². The number of aliphatic hydroxyl groups is 1. The summed E-state index contributed by atoms with van der Waals surface area (Å²) in [6.07, 6.45) is 2.54. The number of imide groups is 3. The van der Waals surface area contributed by atoms with Gasteiger partial charge in [0.25, 0.3) is 0 Å². The minimum Gasteiger partial charge on any atom is -0.463 e. The highest BCUT2D eigenvalue weighted by Crippen LogP contribution is 2.63. The third kappa shape index (κ3) is 3.78. The van der Waals surface area contributed by atoms with Crippen LogP contribution in [-0.2, 0) is 35.9 Å². The molecule has 6 unspecified atom stereocenters. The van der Waals surface area contributed by atoms with Crippen molar-refractivity contribution >= 4 is 35.0 Å². The quantitative estimate of drug-likeness (QED) is 0.350. The molecule has 6 atom stereocenters. The Kier molecular flexibility index (Phi) is 6.58. The molecule has 9 heteroatoms. The number of Topliss-reactive ketones (excluding diaryl/α,β-unsaturated/α-hetero) is 1. The number of aliphatic hydroxyl groups excluding tert-OH is 1. The Morgan fingerprint density at radius 3 is 2.32 bits per heavy atom. The lowest BCUT2D eigenvalue weighted by Crippen LogP contribution is -2.58. The largest absolute Gasteiger partial charge is 0.463 e. The summed E-state index contributed by atoms with van der Waals surface area (Å²) in [7, 11) is 1.11. The molecule has 2 heterocycles. The zero-order valence-electron chi connectivity index (χ0n) is 23.8. The molecule has 2 fully saturated rings. The number of rotatable bonds is 4. The van der Waals surface area contributed by atoms with Crippen LogP contribution < -0.4 is 0 Å². The van der Waals surface area contributed by atoms with Gasteiger partial charge in [0.1, 0.15) is 18.1 Å². The van der Waals surface area contributed by atoms with Crippen LogP contribution in [0, 0.1) is 23.7 Å². The van der Waals surface area contributed by atoms with Gasteiger partial charge >= 0.3 is 6.09 Å². The van der Waals surface area contributed by atoms with E-state index in [2.05, 4.69) is 0 Å². The number of methoxy groups -OCH3 is 1. The van der Waals surface area contributed by atoms with Gasteiger partial charge in [-0.25, -0.2) is 4.79 Å². The van der Waals surface area contributed by atoms with Gasteiger partial charge in [0.15, 0.2) is 11.6 Å². The SMILES string of the molecule is COC(=O)N1C(=O)C2CC=C3C(CC4C(=O)C(c5ccccc5)=CC(=O)C4(c4ccccc4)C3c3ccc(CO)o3)C2C1=O. The molecule has 9 nitrogen and oxygen atoms in total. The van der Waals surface area contributed by atoms with E-state index >= 15 is 0 Å². The molecule has 3 aromatic rings. The highest BCUT2D eigenvalue weighted by molar-refractivity contribution is 6.31. The topological polar surface area (TPSA) is 131 Å². The second-order valence-corrected chi connectivity index (χ2v) is 11.7. The molecule has 222 valence electrons. The van der Waals surface area contributed by atoms with E-state index in [1.165, 1.54) is 6.08 Å². The van der Waals surface area contributed by atoms with E-state index in [1.54, 1.807) is 36.4 Å². The number of hydrogen-bond donors (Lipinski definition) is 1. The van der Waals surface area contributed by atoms with Gasteiger partial charge in [-0.3, -0.25) is 19.2 Å². The van der Waals surface area contributed by atoms with Crippen molar-refractivity contribution in [1.82, 2.24) is 4.90 Å². The van der Waals surface area contributed by atoms with Crippen molar-refractivity contribution in [2.75, 3.05) is 7.11 Å². The maximum absolute atomic E-state index is 14.8. The highest BCUT2D eigenvalue weighted by Gasteiger charge is 2.67. The molecule has 1 N–H and O–H groups in total. The van der Waals surface area contributed by atoms with Crippen molar-refractivity contribution in [3.05, 3.63) is 113 Å². The second kappa shape index (κ2) is 10.4. The van der Waals surface area contributed by atoms with Gasteiger partial charge in [0.05, 0.1) is 30.3 Å². The third-order valence-electron chi connectivity index (χ3n) is 9.86. The Morgan fingerprint density at radius 2 is 1.66 bits per heavy atom. The van der Waals surface area contributed by atoms with Crippen molar-refractivity contribution < 1.29 is 38.2 Å². The molecule has 3 aliphatic carbocycles. The fourth-order valence-electron chi connectivity index (χ4n) is 8.09. The number of hydrogen-bond acceptors (Lipinski definition) is 8. The summed E-state index contributed by atoms with van der Waals surface area (Å²) in [6.45, 7) is -0.367. The van der Waals surface area contributed by atoms with Crippen molar-refractivity contribution in [3.8, 4) is 0 Å². The molecular formula is C35H29NO8. The van der Waals surface area contributed by atoms with Crippen LogP contribution in [0.1, 0.15) is 41.4 Å². The Labute approximate surface area is 252 Å². The minimum absolute atomic E-state index is 0.106. The van der Waals surface area contributed by atoms with E-state index in [1.807, 2.05) is 42.5 Å². The van der Waals surface area contributed by atoms with Gasteiger partial charge in [0, 0.05) is 11.5 Å². The van der Waals surface area contributed by atoms with Gasteiger partial charge in [-0.15, -0.1) is 0 Å². The van der Waals surface area contributed by atoms with E-state index in [4.69, 9.17) is 9.15 Å². The lowest BCUT2D eigenvalue weighted by molar-refractivity contribution is -0.138. The van der Waals surface area contributed by atoms with Gasteiger partial charge in [-0.05, 0) is 48.1 Å². The first-order valence-corrected chi connectivity index (χ1v) is 14.6. The Bertz CT molecular complexity index is 1770. The molecule has 7 rings (SSSR count). The fraction of sp³-hybridized carbons (Fsp3) is 0.286. The number of nitrogens with zero attached hydrogens (tertiary/aromatic N) is 1. The molecule has 44 heavy (non-hydrogen) atoms. The predicted molar refractivity (Wildman–Crippen MR) is 155 cm³/mol. The molecule has 2 aromatic carbocycles. The van der Waals surface area contributed by atoms with Gasteiger partial charge in [-0.2, -0.15) is 4.90 Å². The first kappa shape index (κ1) is 27.9. The third-order valence-corrected chi connectivity index (χ3v) is 9.86. The van der Waals surface area contributed by atoms with Crippen LogP contribution in [-0.4, -0.2) is 46.6 Å². The monoisotopic (exact) mass is 591 g/mol. The summed E-state index contributed by atoms with van der Waals surface area (Å²) < 4.78 is 10.9. The summed E-state index contributed by atoms with van der Waals surface area (Å²) in [5.74, 6) is -5.27. The van der Waals surface area contributed by atoms with Crippen LogP contribution in [0.3, 0.4) is 0 Å². The summed E-state index contributed by atoms with van der Waals surface area (Å²) in [5.41, 5.74) is 0.799. The molecule has 0 bridgehead atoms. The smallest absolute Gasteiger partial charge is 0.423 e. The molecule has 1 aromatic heterocycles. The predicted octanol–water partition coefficient (Wildman–Crippen LogP) is 4.36. The molecule has 4 aliphatic rings. The molecule has 1 aliphatic heterocycles. The van der Waals surface area contributed by atoms with Gasteiger partial charge < -0.3 is 14.3 Å². The average Bonchev–Trinajstić information content (AvgIpc) is 3.63. The molecular weight excluding hydrogens is 562 g/mol. The van der Waals surface area contributed by atoms with Crippen LogP contribution in [0.15, 0.2) is 94.9 Å². The van der Waals surface area contributed by atoms with Crippen LogP contribution in [0.2, 0.25) is 0 Å². The van der Waals surface area contributed by atoms with E-state index in [-0.39, 0.29) is 42.3 Å². The van der Waals surface area contributed by atoms with E-state index in [0.29, 0.717) is 27.4 Å². The van der Waals surface area contributed by atoms with Gasteiger partial charge in [-0.1, -0.05) is 72.3 Å². The Hall–Kier alpha value is -4.89. The standard InChI is InChI=1S/C35H29NO8/c1-43-34(42)36-32(40)23-14-13-22-25(29(23)33(36)41)16-26-31(39)24(19-8-4-2-5-9-19)17-28(38)35(26,20-10-6-3-7-11-20)30(22)27-15-12-21(18-37)44-27/h2-13,15,17,23,25-26,29-30,37H,14,16,18H2,1H3. The molecule has 1 saturated carbocycles. The van der Waals surface area contributed by atoms with E-state index in [0.717, 1.165) is 7.11 Å². The summed E-state index contributed by atoms with van der Waals surface area (Å²) in [5, 5.41) is 9.87. The molecule has 0 spiro atoms. The lowest BCUT2D eigenvalue weighted by Gasteiger charge is -2.54. The zero-order chi connectivity index (χ0) is 30.7. The average molecular weight is 592 g/mol. The maximum atomic E-state index is 14.8. The first-order valence-electron chi connectivity index (χ1n) is 14.6. The lowest BCUT2D eigenvalue weighted by atomic mass is 9.45. The number of amides is 3. The molecule has 3 amide bonds. The number of fused-ring (bicyclic) bond motifs is 4. The van der Waals surface area contributed by atoms with Crippen LogP contribution >= 0.6 is 0 Å². The van der Waals surface area contributed by atoms with Crippen LogP contribution in [0.5, 0.6) is 0 Å². The van der Waals surface area contributed by atoms with E-state index < -0.39 is 52.9 Å². The number of likely N-dealkylation sites (tertiary alicyclic amines) is 1. The van der Waals surface area contributed by atoms with Crippen molar-refractivity contribution in [2.24, 2.45) is 23.7 Å². The summed E-state index contributed by atoms with van der Waals surface area (Å²) >= 11 is 0. The number of carbonyl (C=O) groups excluding carboxylic acids is 5. The molecule has 1 saturated heterocycles. The van der Waals surface area contributed by atoms with Crippen molar-refractivity contribution in [2.45, 2.75) is 30.8 Å². The Balaban J connectivity index is 1.48. The molecule has 0 radical (unpaired) electrons. The number of furan rings is 1. The zero-order valence-corrected chi connectivity index (χ0v) is 23.8. The van der Waals surface area contributed by atoms with Crippen molar-refractivity contribution in [3.63, 3.8) is 0 Å². The number of carbonyl (C=O) groups is 5. The fourth-order valence-corrected chi connectivity index (χ4v) is 8.09. The maximum Gasteiger partial charge on any atom is 0.423 e. The Morgan fingerprint density at radius 1 is 0.955 bits per heavy atom. The highest BCUT2D eigenvalue weighted by atomic mass is 16.5. The number of ether oxygens (including phenoxy) is 1. The minimum atomic E-state index is -1.43. The normalized spacial score (nSPS) is 29.4. The first-order chi connectivity index (χ1) is 21.3. The van der Waals surface area contributed by atoms with Crippen molar-refractivity contribution in [1.29, 1.82) is 0 Å². The second-order valence-electron chi connectivity index (χ2n) is 11.7. The number of allylic oxidation sites excluding steroid dienone is 4.